The fraction of sp³-hybridized carbons (Fsp3) is 0.300. The van der Waals surface area contributed by atoms with Crippen LogP contribution in [-0.4, -0.2) is 11.0 Å². The Morgan fingerprint density at radius 3 is 3.08 bits per heavy atom. The number of aromatic nitrogens is 1. The second kappa shape index (κ2) is 5.02. The Bertz CT molecular complexity index is 286. The van der Waals surface area contributed by atoms with Crippen molar-refractivity contribution < 1.29 is 0 Å². The number of halogens is 1. The van der Waals surface area contributed by atoms with Crippen LogP contribution in [0.4, 0.5) is 5.82 Å². The van der Waals surface area contributed by atoms with Crippen LogP contribution >= 0.6 is 15.9 Å². The minimum Gasteiger partial charge on any atom is -0.367 e. The minimum absolute atomic E-state index is 0.374. The molecule has 1 aromatic rings. The van der Waals surface area contributed by atoms with Gasteiger partial charge < -0.3 is 5.32 Å². The molecule has 2 nitrogen and oxygen atoms in total. The molecule has 0 aromatic carbocycles. The van der Waals surface area contributed by atoms with Gasteiger partial charge in [-0.15, -0.1) is 6.58 Å². The maximum Gasteiger partial charge on any atom is 0.127 e. The third-order valence-corrected chi connectivity index (χ3v) is 2.07. The standard InChI is InChI=1S/C10H13BrN2/c1-3-5-8(2)12-10-7-4-6-9(11)13-10/h3-4,6-8H,1,5H2,2H3,(H,12,13). The van der Waals surface area contributed by atoms with Gasteiger partial charge in [-0.25, -0.2) is 4.98 Å². The summed E-state index contributed by atoms with van der Waals surface area (Å²) in [4.78, 5) is 4.27. The van der Waals surface area contributed by atoms with Crippen molar-refractivity contribution in [2.75, 3.05) is 5.32 Å². The van der Waals surface area contributed by atoms with Crippen molar-refractivity contribution in [3.8, 4) is 0 Å². The molecule has 1 N–H and O–H groups in total. The summed E-state index contributed by atoms with van der Waals surface area (Å²) in [6, 6.07) is 6.19. The van der Waals surface area contributed by atoms with Gasteiger partial charge in [0.2, 0.25) is 0 Å². The van der Waals surface area contributed by atoms with Crippen LogP contribution in [0.3, 0.4) is 0 Å². The van der Waals surface area contributed by atoms with Crippen molar-refractivity contribution in [3.63, 3.8) is 0 Å². The molecule has 0 fully saturated rings. The predicted molar refractivity (Wildman–Crippen MR) is 59.8 cm³/mol. The molecule has 0 bridgehead atoms. The van der Waals surface area contributed by atoms with Crippen molar-refractivity contribution in [2.24, 2.45) is 0 Å². The molecule has 1 rings (SSSR count). The van der Waals surface area contributed by atoms with Crippen LogP contribution in [0.2, 0.25) is 0 Å². The van der Waals surface area contributed by atoms with E-state index in [1.807, 2.05) is 24.3 Å². The first-order chi connectivity index (χ1) is 6.22. The van der Waals surface area contributed by atoms with Crippen LogP contribution in [0, 0.1) is 0 Å². The van der Waals surface area contributed by atoms with Gasteiger partial charge in [-0.2, -0.15) is 0 Å². The Balaban J connectivity index is 2.58. The molecule has 0 aliphatic carbocycles. The van der Waals surface area contributed by atoms with Crippen molar-refractivity contribution in [1.82, 2.24) is 4.98 Å². The summed E-state index contributed by atoms with van der Waals surface area (Å²) in [5.74, 6) is 0.892. The summed E-state index contributed by atoms with van der Waals surface area (Å²) in [5, 5.41) is 3.27. The first-order valence-corrected chi connectivity index (χ1v) is 5.01. The Hall–Kier alpha value is -0.830. The monoisotopic (exact) mass is 240 g/mol. The Kier molecular flexibility index (Phi) is 3.96. The molecular weight excluding hydrogens is 228 g/mol. The van der Waals surface area contributed by atoms with E-state index < -0.39 is 0 Å². The number of rotatable bonds is 4. The van der Waals surface area contributed by atoms with E-state index >= 15 is 0 Å². The van der Waals surface area contributed by atoms with Gasteiger partial charge in [0.1, 0.15) is 10.4 Å². The van der Waals surface area contributed by atoms with E-state index in [-0.39, 0.29) is 0 Å². The Morgan fingerprint density at radius 1 is 1.69 bits per heavy atom. The lowest BCUT2D eigenvalue weighted by Gasteiger charge is -2.11. The SMILES string of the molecule is C=CCC(C)Nc1cccc(Br)n1. The van der Waals surface area contributed by atoms with Gasteiger partial charge in [-0.1, -0.05) is 12.1 Å². The summed E-state index contributed by atoms with van der Waals surface area (Å²) in [6.07, 6.45) is 2.84. The molecule has 0 amide bonds. The highest BCUT2D eigenvalue weighted by molar-refractivity contribution is 9.10. The normalized spacial score (nSPS) is 12.2. The van der Waals surface area contributed by atoms with Gasteiger partial charge in [0.05, 0.1) is 0 Å². The molecule has 0 saturated heterocycles. The third-order valence-electron chi connectivity index (χ3n) is 1.63. The number of hydrogen-bond acceptors (Lipinski definition) is 2. The smallest absolute Gasteiger partial charge is 0.127 e. The number of nitrogens with zero attached hydrogens (tertiary/aromatic N) is 1. The van der Waals surface area contributed by atoms with Crippen LogP contribution < -0.4 is 5.32 Å². The summed E-state index contributed by atoms with van der Waals surface area (Å²) in [6.45, 7) is 5.79. The molecule has 0 radical (unpaired) electrons. The number of anilines is 1. The molecule has 0 spiro atoms. The molecule has 1 heterocycles. The quantitative estimate of drug-likeness (QED) is 0.646. The first-order valence-electron chi connectivity index (χ1n) is 4.22. The minimum atomic E-state index is 0.374. The van der Waals surface area contributed by atoms with Gasteiger partial charge in [-0.05, 0) is 41.4 Å². The first kappa shape index (κ1) is 10.3. The van der Waals surface area contributed by atoms with Gasteiger partial charge in [0.25, 0.3) is 0 Å². The second-order valence-corrected chi connectivity index (χ2v) is 3.73. The van der Waals surface area contributed by atoms with Crippen LogP contribution in [0.1, 0.15) is 13.3 Å². The van der Waals surface area contributed by atoms with Gasteiger partial charge >= 0.3 is 0 Å². The largest absolute Gasteiger partial charge is 0.367 e. The maximum absolute atomic E-state index is 4.27. The van der Waals surface area contributed by atoms with E-state index in [1.165, 1.54) is 0 Å². The average Bonchev–Trinajstić information content (AvgIpc) is 2.04. The third kappa shape index (κ3) is 3.59. The maximum atomic E-state index is 4.27. The average molecular weight is 241 g/mol. The van der Waals surface area contributed by atoms with E-state index in [2.05, 4.69) is 39.7 Å². The van der Waals surface area contributed by atoms with Crippen molar-refractivity contribution in [1.29, 1.82) is 0 Å². The summed E-state index contributed by atoms with van der Waals surface area (Å²) >= 11 is 3.32. The molecular formula is C10H13BrN2. The van der Waals surface area contributed by atoms with Crippen LogP contribution in [0.15, 0.2) is 35.5 Å². The lowest BCUT2D eigenvalue weighted by molar-refractivity contribution is 0.807. The predicted octanol–water partition coefficient (Wildman–Crippen LogP) is 3.22. The van der Waals surface area contributed by atoms with E-state index in [0.717, 1.165) is 16.8 Å². The van der Waals surface area contributed by atoms with Gasteiger partial charge in [-0.3, -0.25) is 0 Å². The van der Waals surface area contributed by atoms with Crippen molar-refractivity contribution in [2.45, 2.75) is 19.4 Å². The fourth-order valence-electron chi connectivity index (χ4n) is 1.05. The fourth-order valence-corrected chi connectivity index (χ4v) is 1.39. The molecule has 1 aromatic heterocycles. The van der Waals surface area contributed by atoms with Crippen LogP contribution in [0.25, 0.3) is 0 Å². The summed E-state index contributed by atoms with van der Waals surface area (Å²) < 4.78 is 0.850. The van der Waals surface area contributed by atoms with E-state index in [1.54, 1.807) is 0 Å². The van der Waals surface area contributed by atoms with Gasteiger partial charge in [0, 0.05) is 6.04 Å². The molecule has 1 atom stereocenters. The summed E-state index contributed by atoms with van der Waals surface area (Å²) in [7, 11) is 0. The van der Waals surface area contributed by atoms with Gasteiger partial charge in [0.15, 0.2) is 0 Å². The van der Waals surface area contributed by atoms with Crippen LogP contribution in [0.5, 0.6) is 0 Å². The van der Waals surface area contributed by atoms with E-state index in [0.29, 0.717) is 6.04 Å². The van der Waals surface area contributed by atoms with E-state index in [9.17, 15) is 0 Å². The zero-order valence-electron chi connectivity index (χ0n) is 7.63. The Labute approximate surface area is 87.2 Å². The molecule has 0 saturated carbocycles. The topological polar surface area (TPSA) is 24.9 Å². The highest BCUT2D eigenvalue weighted by Gasteiger charge is 1.99. The lowest BCUT2D eigenvalue weighted by atomic mass is 10.2. The molecule has 0 aliphatic heterocycles. The lowest BCUT2D eigenvalue weighted by Crippen LogP contribution is -2.14. The molecule has 13 heavy (non-hydrogen) atoms. The van der Waals surface area contributed by atoms with Crippen LogP contribution in [-0.2, 0) is 0 Å². The second-order valence-electron chi connectivity index (χ2n) is 2.92. The molecule has 1 unspecified atom stereocenters. The number of pyridine rings is 1. The molecule has 70 valence electrons. The van der Waals surface area contributed by atoms with Crippen molar-refractivity contribution in [3.05, 3.63) is 35.5 Å². The highest BCUT2D eigenvalue weighted by atomic mass is 79.9. The summed E-state index contributed by atoms with van der Waals surface area (Å²) in [5.41, 5.74) is 0. The van der Waals surface area contributed by atoms with E-state index in [4.69, 9.17) is 0 Å². The Morgan fingerprint density at radius 2 is 2.46 bits per heavy atom. The zero-order valence-corrected chi connectivity index (χ0v) is 9.21. The highest BCUT2D eigenvalue weighted by Crippen LogP contribution is 2.11. The number of nitrogens with one attached hydrogen (secondary N) is 1. The number of hydrogen-bond donors (Lipinski definition) is 1. The zero-order chi connectivity index (χ0) is 9.68. The molecule has 3 heteroatoms. The van der Waals surface area contributed by atoms with Crippen molar-refractivity contribution >= 4 is 21.7 Å². The molecule has 0 aliphatic rings.